The molecule has 0 N–H and O–H groups in total. The lowest BCUT2D eigenvalue weighted by atomic mass is 9.97. The third kappa shape index (κ3) is 2.25. The second-order valence-corrected chi connectivity index (χ2v) is 3.90. The van der Waals surface area contributed by atoms with Gasteiger partial charge >= 0.3 is 5.97 Å². The minimum atomic E-state index is -0.205. The van der Waals surface area contributed by atoms with Crippen molar-refractivity contribution >= 4 is 11.9 Å². The van der Waals surface area contributed by atoms with Gasteiger partial charge in [0.25, 0.3) is 0 Å². The van der Waals surface area contributed by atoms with Crippen molar-refractivity contribution < 1.29 is 14.3 Å². The van der Waals surface area contributed by atoms with Crippen molar-refractivity contribution in [3.63, 3.8) is 0 Å². The summed E-state index contributed by atoms with van der Waals surface area (Å²) in [6.45, 7) is 4.41. The number of esters is 1. The summed E-state index contributed by atoms with van der Waals surface area (Å²) in [6.07, 6.45) is 1.08. The number of hydrogen-bond donors (Lipinski definition) is 0. The molecule has 1 aliphatic heterocycles. The first kappa shape index (κ1) is 11.0. The van der Waals surface area contributed by atoms with Gasteiger partial charge in [-0.2, -0.15) is 0 Å². The summed E-state index contributed by atoms with van der Waals surface area (Å²) >= 11 is 0. The van der Waals surface area contributed by atoms with Crippen molar-refractivity contribution in [1.82, 2.24) is 4.90 Å². The molecule has 1 fully saturated rings. The summed E-state index contributed by atoms with van der Waals surface area (Å²) in [4.78, 5) is 24.5. The van der Waals surface area contributed by atoms with E-state index in [9.17, 15) is 9.59 Å². The zero-order chi connectivity index (χ0) is 10.7. The fraction of sp³-hybridized carbons (Fsp3) is 0.800. The zero-order valence-electron chi connectivity index (χ0n) is 8.95. The number of methoxy groups -OCH3 is 1. The van der Waals surface area contributed by atoms with Gasteiger partial charge in [0.15, 0.2) is 0 Å². The fourth-order valence-corrected chi connectivity index (χ4v) is 1.73. The van der Waals surface area contributed by atoms with Crippen molar-refractivity contribution in [2.24, 2.45) is 5.92 Å². The average molecular weight is 199 g/mol. The van der Waals surface area contributed by atoms with Crippen LogP contribution in [-0.2, 0) is 14.3 Å². The lowest BCUT2D eigenvalue weighted by Crippen LogP contribution is -2.46. The molecular formula is C10H17NO3. The summed E-state index contributed by atoms with van der Waals surface area (Å²) < 4.78 is 4.68. The van der Waals surface area contributed by atoms with Crippen LogP contribution in [0.15, 0.2) is 0 Å². The van der Waals surface area contributed by atoms with E-state index < -0.39 is 0 Å². The molecule has 1 aliphatic rings. The van der Waals surface area contributed by atoms with Gasteiger partial charge in [-0.1, -0.05) is 0 Å². The first-order valence-electron chi connectivity index (χ1n) is 4.93. The summed E-state index contributed by atoms with van der Waals surface area (Å²) in [5.74, 6) is -0.205. The molecule has 1 saturated heterocycles. The minimum absolute atomic E-state index is 0.139. The van der Waals surface area contributed by atoms with Crippen LogP contribution < -0.4 is 0 Å². The molecule has 1 rings (SSSR count). The number of carbonyl (C=O) groups excluding carboxylic acids is 2. The molecule has 14 heavy (non-hydrogen) atoms. The predicted molar refractivity (Wildman–Crippen MR) is 51.6 cm³/mol. The predicted octanol–water partition coefficient (Wildman–Crippen LogP) is 0.806. The molecule has 1 heterocycles. The molecule has 1 atom stereocenters. The second-order valence-electron chi connectivity index (χ2n) is 3.90. The van der Waals surface area contributed by atoms with Gasteiger partial charge in [-0.05, 0) is 20.3 Å². The van der Waals surface area contributed by atoms with Crippen molar-refractivity contribution in [2.75, 3.05) is 13.7 Å². The van der Waals surface area contributed by atoms with Crippen molar-refractivity contribution in [2.45, 2.75) is 32.7 Å². The number of carbonyl (C=O) groups is 2. The molecule has 4 nitrogen and oxygen atoms in total. The first-order valence-corrected chi connectivity index (χ1v) is 4.93. The quantitative estimate of drug-likeness (QED) is 0.618. The number of ether oxygens (including phenoxy) is 1. The van der Waals surface area contributed by atoms with Gasteiger partial charge in [-0.15, -0.1) is 0 Å². The number of amides is 1. The maximum Gasteiger partial charge on any atom is 0.310 e. The number of rotatable bonds is 2. The fourth-order valence-electron chi connectivity index (χ4n) is 1.73. The van der Waals surface area contributed by atoms with Crippen LogP contribution in [0.4, 0.5) is 0 Å². The van der Waals surface area contributed by atoms with E-state index in [0.29, 0.717) is 19.4 Å². The van der Waals surface area contributed by atoms with Gasteiger partial charge in [0.2, 0.25) is 5.91 Å². The molecule has 0 saturated carbocycles. The Morgan fingerprint density at radius 2 is 2.21 bits per heavy atom. The highest BCUT2D eigenvalue weighted by Crippen LogP contribution is 2.20. The Morgan fingerprint density at radius 3 is 2.71 bits per heavy atom. The molecular weight excluding hydrogens is 182 g/mol. The van der Waals surface area contributed by atoms with E-state index >= 15 is 0 Å². The van der Waals surface area contributed by atoms with E-state index in [2.05, 4.69) is 4.74 Å². The molecule has 4 heteroatoms. The van der Waals surface area contributed by atoms with Crippen molar-refractivity contribution in [3.8, 4) is 0 Å². The van der Waals surface area contributed by atoms with Crippen molar-refractivity contribution in [1.29, 1.82) is 0 Å². The van der Waals surface area contributed by atoms with E-state index in [1.807, 2.05) is 13.8 Å². The van der Waals surface area contributed by atoms with E-state index in [1.165, 1.54) is 7.11 Å². The molecule has 0 aromatic heterocycles. The average Bonchev–Trinajstić information content (AvgIpc) is 2.17. The summed E-state index contributed by atoms with van der Waals surface area (Å²) in [7, 11) is 1.39. The van der Waals surface area contributed by atoms with Gasteiger partial charge in [0.1, 0.15) is 0 Å². The highest BCUT2D eigenvalue weighted by molar-refractivity contribution is 5.81. The number of nitrogens with zero attached hydrogens (tertiary/aromatic N) is 1. The van der Waals surface area contributed by atoms with Crippen molar-refractivity contribution in [3.05, 3.63) is 0 Å². The molecule has 1 amide bonds. The Morgan fingerprint density at radius 1 is 1.57 bits per heavy atom. The number of piperidine rings is 1. The number of likely N-dealkylation sites (tertiary alicyclic amines) is 1. The maximum atomic E-state index is 11.5. The SMILES string of the molecule is COC(=O)C1CCC(=O)N(C(C)C)C1. The highest BCUT2D eigenvalue weighted by atomic mass is 16.5. The van der Waals surface area contributed by atoms with Gasteiger partial charge in [0, 0.05) is 19.0 Å². The molecule has 0 bridgehead atoms. The summed E-state index contributed by atoms with van der Waals surface area (Å²) in [5.41, 5.74) is 0. The van der Waals surface area contributed by atoms with Gasteiger partial charge in [0.05, 0.1) is 13.0 Å². The Balaban J connectivity index is 2.62. The zero-order valence-corrected chi connectivity index (χ0v) is 8.95. The van der Waals surface area contributed by atoms with E-state index in [4.69, 9.17) is 0 Å². The topological polar surface area (TPSA) is 46.6 Å². The monoisotopic (exact) mass is 199 g/mol. The largest absolute Gasteiger partial charge is 0.469 e. The van der Waals surface area contributed by atoms with Gasteiger partial charge in [-0.3, -0.25) is 9.59 Å². The van der Waals surface area contributed by atoms with Crippen LogP contribution in [-0.4, -0.2) is 36.5 Å². The normalized spacial score (nSPS) is 22.7. The standard InChI is InChI=1S/C10H17NO3/c1-7(2)11-6-8(10(13)14-3)4-5-9(11)12/h7-8H,4-6H2,1-3H3. The third-order valence-electron chi connectivity index (χ3n) is 2.60. The molecule has 0 radical (unpaired) electrons. The summed E-state index contributed by atoms with van der Waals surface area (Å²) in [5, 5.41) is 0. The molecule has 0 aromatic carbocycles. The van der Waals surface area contributed by atoms with Gasteiger partial charge < -0.3 is 9.64 Å². The van der Waals surface area contributed by atoms with Gasteiger partial charge in [-0.25, -0.2) is 0 Å². The van der Waals surface area contributed by atoms with E-state index in [-0.39, 0.29) is 23.8 Å². The maximum absolute atomic E-state index is 11.5. The van der Waals surface area contributed by atoms with E-state index in [1.54, 1.807) is 4.90 Å². The molecule has 0 spiro atoms. The molecule has 0 aliphatic carbocycles. The minimum Gasteiger partial charge on any atom is -0.469 e. The Kier molecular flexibility index (Phi) is 3.49. The van der Waals surface area contributed by atoms with Crippen LogP contribution in [0, 0.1) is 5.92 Å². The van der Waals surface area contributed by atoms with Crippen LogP contribution in [0.1, 0.15) is 26.7 Å². The van der Waals surface area contributed by atoms with Crippen LogP contribution >= 0.6 is 0 Å². The van der Waals surface area contributed by atoms with Crippen LogP contribution in [0.5, 0.6) is 0 Å². The lowest BCUT2D eigenvalue weighted by Gasteiger charge is -2.34. The third-order valence-corrected chi connectivity index (χ3v) is 2.60. The van der Waals surface area contributed by atoms with Crippen LogP contribution in [0.3, 0.4) is 0 Å². The molecule has 80 valence electrons. The van der Waals surface area contributed by atoms with Crippen LogP contribution in [0.2, 0.25) is 0 Å². The summed E-state index contributed by atoms with van der Waals surface area (Å²) in [6, 6.07) is 0.162. The Labute approximate surface area is 84.2 Å². The Bertz CT molecular complexity index is 238. The molecule has 1 unspecified atom stereocenters. The van der Waals surface area contributed by atoms with Crippen LogP contribution in [0.25, 0.3) is 0 Å². The smallest absolute Gasteiger partial charge is 0.310 e. The van der Waals surface area contributed by atoms with E-state index in [0.717, 1.165) is 0 Å². The molecule has 0 aromatic rings. The first-order chi connectivity index (χ1) is 6.56. The second kappa shape index (κ2) is 4.44. The Hall–Kier alpha value is -1.06. The highest BCUT2D eigenvalue weighted by Gasteiger charge is 2.31. The lowest BCUT2D eigenvalue weighted by molar-refractivity contribution is -0.151. The number of hydrogen-bond acceptors (Lipinski definition) is 3.